The number of ether oxygens (including phenoxy) is 2. The summed E-state index contributed by atoms with van der Waals surface area (Å²) in [7, 11) is 0. The van der Waals surface area contributed by atoms with Crippen LogP contribution in [0, 0.1) is 11.3 Å². The summed E-state index contributed by atoms with van der Waals surface area (Å²) in [5.74, 6) is 0.700. The Balaban J connectivity index is 1.87. The van der Waals surface area contributed by atoms with Crippen LogP contribution in [0.1, 0.15) is 40.2 Å². The molecule has 26 heavy (non-hydrogen) atoms. The molecule has 1 aliphatic rings. The topological polar surface area (TPSA) is 65.8 Å². The predicted octanol–water partition coefficient (Wildman–Crippen LogP) is 3.42. The molecule has 6 heteroatoms. The Kier molecular flexibility index (Phi) is 6.49. The van der Waals surface area contributed by atoms with Gasteiger partial charge in [0.15, 0.2) is 6.10 Å². The van der Waals surface area contributed by atoms with Gasteiger partial charge < -0.3 is 14.4 Å². The number of nitriles is 1. The first-order valence-corrected chi connectivity index (χ1v) is 9.05. The molecule has 1 fully saturated rings. The van der Waals surface area contributed by atoms with Gasteiger partial charge in [-0.05, 0) is 52.3 Å². The SMILES string of the molecule is CC(C#N)Oc1ccc(CN2CCN(C(=O)OC(C)(C)C)[C@H](C)C2)cc1. The molecule has 6 nitrogen and oxygen atoms in total. The van der Waals surface area contributed by atoms with Gasteiger partial charge in [-0.25, -0.2) is 4.79 Å². The monoisotopic (exact) mass is 359 g/mol. The Morgan fingerprint density at radius 2 is 1.96 bits per heavy atom. The third-order valence-electron chi connectivity index (χ3n) is 4.16. The number of rotatable bonds is 4. The molecule has 142 valence electrons. The second-order valence-corrected chi connectivity index (χ2v) is 7.79. The summed E-state index contributed by atoms with van der Waals surface area (Å²) < 4.78 is 11.0. The van der Waals surface area contributed by atoms with Crippen LogP contribution in [0.2, 0.25) is 0 Å². The highest BCUT2D eigenvalue weighted by atomic mass is 16.6. The third kappa shape index (κ3) is 5.92. The van der Waals surface area contributed by atoms with Crippen molar-refractivity contribution in [2.24, 2.45) is 0 Å². The Morgan fingerprint density at radius 3 is 2.50 bits per heavy atom. The van der Waals surface area contributed by atoms with Crippen molar-refractivity contribution < 1.29 is 14.3 Å². The summed E-state index contributed by atoms with van der Waals surface area (Å²) in [6.45, 7) is 12.5. The summed E-state index contributed by atoms with van der Waals surface area (Å²) in [6.07, 6.45) is -0.694. The molecular weight excluding hydrogens is 330 g/mol. The fourth-order valence-electron chi connectivity index (χ4n) is 2.93. The molecule has 2 rings (SSSR count). The van der Waals surface area contributed by atoms with Crippen LogP contribution in [0.4, 0.5) is 4.79 Å². The van der Waals surface area contributed by atoms with Gasteiger partial charge in [-0.2, -0.15) is 5.26 Å². The normalized spacial score (nSPS) is 19.5. The minimum absolute atomic E-state index is 0.109. The van der Waals surface area contributed by atoms with Crippen molar-refractivity contribution in [2.75, 3.05) is 19.6 Å². The minimum Gasteiger partial charge on any atom is -0.476 e. The van der Waals surface area contributed by atoms with E-state index in [2.05, 4.69) is 17.9 Å². The van der Waals surface area contributed by atoms with E-state index in [0.29, 0.717) is 12.3 Å². The number of piperazine rings is 1. The fraction of sp³-hybridized carbons (Fsp3) is 0.600. The molecule has 0 spiro atoms. The van der Waals surface area contributed by atoms with Crippen LogP contribution in [-0.4, -0.2) is 53.3 Å². The number of nitrogens with zero attached hydrogens (tertiary/aromatic N) is 3. The maximum atomic E-state index is 12.3. The summed E-state index contributed by atoms with van der Waals surface area (Å²) in [4.78, 5) is 16.4. The zero-order valence-electron chi connectivity index (χ0n) is 16.4. The highest BCUT2D eigenvalue weighted by Crippen LogP contribution is 2.19. The molecule has 0 radical (unpaired) electrons. The van der Waals surface area contributed by atoms with E-state index in [0.717, 1.165) is 19.6 Å². The zero-order chi connectivity index (χ0) is 19.3. The number of carbonyl (C=O) groups is 1. The molecule has 2 atom stereocenters. The van der Waals surface area contributed by atoms with E-state index in [1.807, 2.05) is 49.9 Å². The second-order valence-electron chi connectivity index (χ2n) is 7.79. The predicted molar refractivity (Wildman–Crippen MR) is 99.8 cm³/mol. The van der Waals surface area contributed by atoms with Gasteiger partial charge >= 0.3 is 6.09 Å². The molecule has 1 amide bonds. The largest absolute Gasteiger partial charge is 0.476 e. The fourth-order valence-corrected chi connectivity index (χ4v) is 2.93. The van der Waals surface area contributed by atoms with E-state index in [-0.39, 0.29) is 12.1 Å². The van der Waals surface area contributed by atoms with Crippen LogP contribution >= 0.6 is 0 Å². The average Bonchev–Trinajstić information content (AvgIpc) is 2.55. The molecule has 0 saturated carbocycles. The Morgan fingerprint density at radius 1 is 1.31 bits per heavy atom. The Hall–Kier alpha value is -2.26. The van der Waals surface area contributed by atoms with Crippen LogP contribution in [-0.2, 0) is 11.3 Å². The first-order chi connectivity index (χ1) is 12.2. The lowest BCUT2D eigenvalue weighted by Crippen LogP contribution is -2.54. The number of benzene rings is 1. The van der Waals surface area contributed by atoms with Crippen molar-refractivity contribution in [3.05, 3.63) is 29.8 Å². The van der Waals surface area contributed by atoms with Gasteiger partial charge in [0, 0.05) is 32.2 Å². The van der Waals surface area contributed by atoms with Gasteiger partial charge in [0.2, 0.25) is 0 Å². The van der Waals surface area contributed by atoms with Gasteiger partial charge in [-0.3, -0.25) is 4.90 Å². The van der Waals surface area contributed by atoms with Crippen LogP contribution in [0.3, 0.4) is 0 Å². The molecule has 1 heterocycles. The van der Waals surface area contributed by atoms with Crippen molar-refractivity contribution in [3.63, 3.8) is 0 Å². The number of amides is 1. The van der Waals surface area contributed by atoms with Crippen molar-refractivity contribution >= 4 is 6.09 Å². The number of hydrogen-bond acceptors (Lipinski definition) is 5. The summed E-state index contributed by atoms with van der Waals surface area (Å²) in [6, 6.07) is 9.98. The van der Waals surface area contributed by atoms with E-state index >= 15 is 0 Å². The van der Waals surface area contributed by atoms with Gasteiger partial charge in [0.25, 0.3) is 0 Å². The molecule has 1 unspecified atom stereocenters. The van der Waals surface area contributed by atoms with E-state index in [9.17, 15) is 4.79 Å². The molecule has 0 N–H and O–H groups in total. The lowest BCUT2D eigenvalue weighted by atomic mass is 10.1. The van der Waals surface area contributed by atoms with Gasteiger partial charge in [-0.1, -0.05) is 12.1 Å². The standard InChI is InChI=1S/C20H29N3O3/c1-15-13-22(10-11-23(15)19(24)26-20(3,4)5)14-17-6-8-18(9-7-17)25-16(2)12-21/h6-9,15-16H,10-11,13-14H2,1-5H3/t15-,16?/m1/s1. The Bertz CT molecular complexity index is 646. The van der Waals surface area contributed by atoms with Crippen molar-refractivity contribution in [1.29, 1.82) is 5.26 Å². The Labute approximate surface area is 156 Å². The lowest BCUT2D eigenvalue weighted by molar-refractivity contribution is 0.000557. The highest BCUT2D eigenvalue weighted by molar-refractivity contribution is 5.68. The van der Waals surface area contributed by atoms with Gasteiger partial charge in [0.1, 0.15) is 17.4 Å². The second kappa shape index (κ2) is 8.41. The van der Waals surface area contributed by atoms with E-state index < -0.39 is 11.7 Å². The quantitative estimate of drug-likeness (QED) is 0.824. The highest BCUT2D eigenvalue weighted by Gasteiger charge is 2.30. The molecule has 0 aromatic heterocycles. The van der Waals surface area contributed by atoms with Crippen LogP contribution in [0.5, 0.6) is 5.75 Å². The lowest BCUT2D eigenvalue weighted by Gasteiger charge is -2.40. The first kappa shape index (κ1) is 20.1. The summed E-state index contributed by atoms with van der Waals surface area (Å²) >= 11 is 0. The summed E-state index contributed by atoms with van der Waals surface area (Å²) in [5.41, 5.74) is 0.709. The number of hydrogen-bond donors (Lipinski definition) is 0. The van der Waals surface area contributed by atoms with Crippen LogP contribution in [0.25, 0.3) is 0 Å². The summed E-state index contributed by atoms with van der Waals surface area (Å²) in [5, 5.41) is 8.80. The zero-order valence-corrected chi connectivity index (χ0v) is 16.4. The van der Waals surface area contributed by atoms with Crippen molar-refractivity contribution in [3.8, 4) is 11.8 Å². The molecule has 1 aromatic carbocycles. The number of carbonyl (C=O) groups excluding carboxylic acids is 1. The molecule has 1 saturated heterocycles. The molecular formula is C20H29N3O3. The van der Waals surface area contributed by atoms with Gasteiger partial charge in [0.05, 0.1) is 0 Å². The van der Waals surface area contributed by atoms with E-state index in [1.165, 1.54) is 5.56 Å². The molecule has 0 bridgehead atoms. The van der Waals surface area contributed by atoms with E-state index in [4.69, 9.17) is 14.7 Å². The minimum atomic E-state index is -0.471. The van der Waals surface area contributed by atoms with Gasteiger partial charge in [-0.15, -0.1) is 0 Å². The smallest absolute Gasteiger partial charge is 0.410 e. The molecule has 1 aliphatic heterocycles. The van der Waals surface area contributed by atoms with Crippen LogP contribution < -0.4 is 4.74 Å². The van der Waals surface area contributed by atoms with Crippen molar-refractivity contribution in [2.45, 2.75) is 58.9 Å². The maximum Gasteiger partial charge on any atom is 0.410 e. The van der Waals surface area contributed by atoms with E-state index in [1.54, 1.807) is 6.92 Å². The first-order valence-electron chi connectivity index (χ1n) is 9.05. The molecule has 0 aliphatic carbocycles. The van der Waals surface area contributed by atoms with Crippen molar-refractivity contribution in [1.82, 2.24) is 9.80 Å². The third-order valence-corrected chi connectivity index (χ3v) is 4.16. The molecule has 1 aromatic rings. The average molecular weight is 359 g/mol. The maximum absolute atomic E-state index is 12.3. The van der Waals surface area contributed by atoms with Crippen LogP contribution in [0.15, 0.2) is 24.3 Å².